The number of ether oxygens (including phenoxy) is 1. The third-order valence-electron chi connectivity index (χ3n) is 3.70. The van der Waals surface area contributed by atoms with Crippen LogP contribution in [0, 0.1) is 32.8 Å². The van der Waals surface area contributed by atoms with E-state index in [0.29, 0.717) is 26.2 Å². The summed E-state index contributed by atoms with van der Waals surface area (Å²) in [7, 11) is 0. The molecule has 0 bridgehead atoms. The van der Waals surface area contributed by atoms with Crippen LogP contribution in [0.4, 0.5) is 16.2 Å². The topological polar surface area (TPSA) is 124 Å². The van der Waals surface area contributed by atoms with Gasteiger partial charge in [-0.2, -0.15) is 10.5 Å². The summed E-state index contributed by atoms with van der Waals surface area (Å²) in [4.78, 5) is 25.7. The molecule has 124 valence electrons. The molecular weight excluding hydrogens is 314 g/mol. The maximum absolute atomic E-state index is 11.7. The molecule has 9 heteroatoms. The van der Waals surface area contributed by atoms with Crippen molar-refractivity contribution in [2.45, 2.75) is 6.92 Å². The number of carbonyl (C=O) groups excluding carboxylic acids is 1. The Balaban J connectivity index is 2.27. The van der Waals surface area contributed by atoms with Gasteiger partial charge in [0.05, 0.1) is 22.7 Å². The molecule has 1 saturated heterocycles. The zero-order valence-corrected chi connectivity index (χ0v) is 13.1. The van der Waals surface area contributed by atoms with Gasteiger partial charge in [-0.05, 0) is 13.0 Å². The molecule has 0 N–H and O–H groups in total. The van der Waals surface area contributed by atoms with E-state index < -0.39 is 11.0 Å². The number of nitro benzene ring substituents is 1. The highest BCUT2D eigenvalue weighted by Gasteiger charge is 2.27. The molecule has 1 fully saturated rings. The van der Waals surface area contributed by atoms with Gasteiger partial charge in [-0.25, -0.2) is 4.79 Å². The lowest BCUT2D eigenvalue weighted by Gasteiger charge is -2.35. The van der Waals surface area contributed by atoms with Gasteiger partial charge in [0.25, 0.3) is 5.69 Å². The number of amides is 1. The first kappa shape index (κ1) is 17.0. The van der Waals surface area contributed by atoms with Crippen molar-refractivity contribution in [3.63, 3.8) is 0 Å². The summed E-state index contributed by atoms with van der Waals surface area (Å²) in [5.74, 6) is 0. The van der Waals surface area contributed by atoms with Crippen molar-refractivity contribution < 1.29 is 14.5 Å². The molecule has 1 aliphatic rings. The zero-order valence-electron chi connectivity index (χ0n) is 13.1. The van der Waals surface area contributed by atoms with E-state index in [-0.39, 0.29) is 29.1 Å². The molecule has 1 aromatic rings. The minimum absolute atomic E-state index is 0.0295. The van der Waals surface area contributed by atoms with Crippen LogP contribution in [0.25, 0.3) is 0 Å². The van der Waals surface area contributed by atoms with Gasteiger partial charge in [0.2, 0.25) is 0 Å². The lowest BCUT2D eigenvalue weighted by Crippen LogP contribution is -2.49. The number of rotatable bonds is 3. The molecule has 0 spiro atoms. The Kier molecular flexibility index (Phi) is 5.17. The Morgan fingerprint density at radius 3 is 2.33 bits per heavy atom. The summed E-state index contributed by atoms with van der Waals surface area (Å²) < 4.78 is 4.93. The highest BCUT2D eigenvalue weighted by Crippen LogP contribution is 2.32. The summed E-state index contributed by atoms with van der Waals surface area (Å²) in [6.07, 6.45) is -0.413. The van der Waals surface area contributed by atoms with Crippen molar-refractivity contribution in [2.24, 2.45) is 0 Å². The van der Waals surface area contributed by atoms with Crippen molar-refractivity contribution in [2.75, 3.05) is 37.7 Å². The van der Waals surface area contributed by atoms with E-state index in [2.05, 4.69) is 0 Å². The predicted octanol–water partition coefficient (Wildman–Crippen LogP) is 1.62. The molecule has 9 nitrogen and oxygen atoms in total. The van der Waals surface area contributed by atoms with Gasteiger partial charge < -0.3 is 14.5 Å². The van der Waals surface area contributed by atoms with Crippen LogP contribution in [0.1, 0.15) is 18.1 Å². The van der Waals surface area contributed by atoms with Crippen LogP contribution in [0.2, 0.25) is 0 Å². The number of hydrogen-bond donors (Lipinski definition) is 0. The second-order valence-corrected chi connectivity index (χ2v) is 5.04. The molecular formula is C15H15N5O4. The summed E-state index contributed by atoms with van der Waals surface area (Å²) in [5.41, 5.74) is 0.109. The van der Waals surface area contributed by atoms with Crippen LogP contribution in [-0.4, -0.2) is 48.7 Å². The van der Waals surface area contributed by atoms with Gasteiger partial charge in [-0.3, -0.25) is 10.1 Å². The number of anilines is 1. The summed E-state index contributed by atoms with van der Waals surface area (Å²) in [6.45, 7) is 3.46. The molecule has 1 aliphatic heterocycles. The Hall–Kier alpha value is -3.33. The highest BCUT2D eigenvalue weighted by atomic mass is 16.6. The standard InChI is InChI=1S/C15H15N5O4/c1-2-24-15(21)19-5-3-18(4-6-19)13-7-11(9-16)12(10-17)8-14(13)20(22)23/h7-8H,2-6H2,1H3. The number of benzene rings is 1. The summed E-state index contributed by atoms with van der Waals surface area (Å²) in [6, 6.07) is 6.15. The molecule has 0 radical (unpaired) electrons. The largest absolute Gasteiger partial charge is 0.450 e. The average Bonchev–Trinajstić information content (AvgIpc) is 2.60. The van der Waals surface area contributed by atoms with E-state index in [0.717, 1.165) is 6.07 Å². The molecule has 0 unspecified atom stereocenters. The normalized spacial score (nSPS) is 13.8. The second-order valence-electron chi connectivity index (χ2n) is 5.04. The fourth-order valence-electron chi connectivity index (χ4n) is 2.51. The fourth-order valence-corrected chi connectivity index (χ4v) is 2.51. The number of hydrogen-bond acceptors (Lipinski definition) is 7. The molecule has 0 saturated carbocycles. The Morgan fingerprint density at radius 1 is 1.25 bits per heavy atom. The van der Waals surface area contributed by atoms with Crippen LogP contribution in [-0.2, 0) is 4.74 Å². The number of nitriles is 2. The SMILES string of the molecule is CCOC(=O)N1CCN(c2cc(C#N)c(C#N)cc2[N+](=O)[O-])CC1. The highest BCUT2D eigenvalue weighted by molar-refractivity contribution is 5.71. The smallest absolute Gasteiger partial charge is 0.409 e. The third kappa shape index (κ3) is 3.36. The summed E-state index contributed by atoms with van der Waals surface area (Å²) >= 11 is 0. The minimum atomic E-state index is -0.574. The number of piperazine rings is 1. The third-order valence-corrected chi connectivity index (χ3v) is 3.70. The van der Waals surface area contributed by atoms with E-state index in [1.807, 2.05) is 6.07 Å². The van der Waals surface area contributed by atoms with Crippen molar-refractivity contribution >= 4 is 17.5 Å². The number of carbonyl (C=O) groups is 1. The van der Waals surface area contributed by atoms with E-state index in [9.17, 15) is 14.9 Å². The quantitative estimate of drug-likeness (QED) is 0.609. The lowest BCUT2D eigenvalue weighted by atomic mass is 10.1. The first-order valence-electron chi connectivity index (χ1n) is 7.31. The number of nitrogens with zero attached hydrogens (tertiary/aromatic N) is 5. The molecule has 1 aromatic carbocycles. The maximum Gasteiger partial charge on any atom is 0.409 e. The molecule has 0 atom stereocenters. The van der Waals surface area contributed by atoms with Crippen molar-refractivity contribution in [3.8, 4) is 12.1 Å². The van der Waals surface area contributed by atoms with Crippen molar-refractivity contribution in [1.82, 2.24) is 4.90 Å². The van der Waals surface area contributed by atoms with Crippen LogP contribution in [0.15, 0.2) is 12.1 Å². The fraction of sp³-hybridized carbons (Fsp3) is 0.400. The minimum Gasteiger partial charge on any atom is -0.450 e. The van der Waals surface area contributed by atoms with E-state index in [1.165, 1.54) is 11.0 Å². The molecule has 1 heterocycles. The summed E-state index contributed by atoms with van der Waals surface area (Å²) in [5, 5.41) is 29.4. The van der Waals surface area contributed by atoms with Gasteiger partial charge in [-0.1, -0.05) is 0 Å². The zero-order chi connectivity index (χ0) is 17.7. The predicted molar refractivity (Wildman–Crippen MR) is 83.3 cm³/mol. The second kappa shape index (κ2) is 7.29. The van der Waals surface area contributed by atoms with Crippen LogP contribution >= 0.6 is 0 Å². The molecule has 0 aromatic heterocycles. The molecule has 24 heavy (non-hydrogen) atoms. The number of nitro groups is 1. The van der Waals surface area contributed by atoms with Gasteiger partial charge in [0.15, 0.2) is 0 Å². The van der Waals surface area contributed by atoms with Crippen LogP contribution < -0.4 is 4.90 Å². The van der Waals surface area contributed by atoms with Crippen molar-refractivity contribution in [1.29, 1.82) is 10.5 Å². The van der Waals surface area contributed by atoms with E-state index >= 15 is 0 Å². The van der Waals surface area contributed by atoms with Gasteiger partial charge in [0, 0.05) is 32.2 Å². The average molecular weight is 329 g/mol. The maximum atomic E-state index is 11.7. The van der Waals surface area contributed by atoms with Gasteiger partial charge >= 0.3 is 6.09 Å². The first-order valence-corrected chi connectivity index (χ1v) is 7.31. The Morgan fingerprint density at radius 2 is 1.83 bits per heavy atom. The molecule has 1 amide bonds. The van der Waals surface area contributed by atoms with Crippen molar-refractivity contribution in [3.05, 3.63) is 33.4 Å². The van der Waals surface area contributed by atoms with Gasteiger partial charge in [0.1, 0.15) is 17.8 Å². The lowest BCUT2D eigenvalue weighted by molar-refractivity contribution is -0.384. The Bertz CT molecular complexity index is 741. The molecule has 2 rings (SSSR count). The molecule has 0 aliphatic carbocycles. The Labute approximate surface area is 138 Å². The van der Waals surface area contributed by atoms with E-state index in [1.54, 1.807) is 17.9 Å². The first-order chi connectivity index (χ1) is 11.5. The monoisotopic (exact) mass is 329 g/mol. The van der Waals surface area contributed by atoms with Crippen LogP contribution in [0.5, 0.6) is 0 Å². The van der Waals surface area contributed by atoms with E-state index in [4.69, 9.17) is 15.3 Å². The van der Waals surface area contributed by atoms with Crippen LogP contribution in [0.3, 0.4) is 0 Å². The van der Waals surface area contributed by atoms with Gasteiger partial charge in [-0.15, -0.1) is 0 Å².